The van der Waals surface area contributed by atoms with Gasteiger partial charge in [0.05, 0.1) is 0 Å². The predicted octanol–water partition coefficient (Wildman–Crippen LogP) is 2.35. The molecule has 5 nitrogen and oxygen atoms in total. The summed E-state index contributed by atoms with van der Waals surface area (Å²) < 4.78 is 0. The van der Waals surface area contributed by atoms with Crippen molar-refractivity contribution in [3.63, 3.8) is 0 Å². The van der Waals surface area contributed by atoms with E-state index in [1.54, 1.807) is 13.1 Å². The summed E-state index contributed by atoms with van der Waals surface area (Å²) in [6, 6.07) is 16.9. The average Bonchev–Trinajstić information content (AvgIpc) is 2.55. The Hall–Kier alpha value is -2.82. The van der Waals surface area contributed by atoms with Crippen LogP contribution in [0.15, 0.2) is 54.6 Å². The lowest BCUT2D eigenvalue weighted by atomic mass is 10.2. The summed E-state index contributed by atoms with van der Waals surface area (Å²) in [7, 11) is 5.45. The molecule has 5 heteroatoms. The van der Waals surface area contributed by atoms with Gasteiger partial charge >= 0.3 is 11.8 Å². The molecule has 23 heavy (non-hydrogen) atoms. The molecule has 0 atom stereocenters. The summed E-state index contributed by atoms with van der Waals surface area (Å²) >= 11 is 0. The molecular weight excluding hydrogens is 290 g/mol. The quantitative estimate of drug-likeness (QED) is 0.882. The van der Waals surface area contributed by atoms with Gasteiger partial charge in [-0.3, -0.25) is 9.59 Å². The van der Waals surface area contributed by atoms with Crippen LogP contribution in [0.5, 0.6) is 0 Å². The third kappa shape index (κ3) is 4.57. The topological polar surface area (TPSA) is 52.7 Å². The van der Waals surface area contributed by atoms with Gasteiger partial charge in [-0.15, -0.1) is 0 Å². The molecule has 0 fully saturated rings. The van der Waals surface area contributed by atoms with Crippen LogP contribution in [-0.2, 0) is 16.1 Å². The number of nitrogens with zero attached hydrogens (tertiary/aromatic N) is 2. The second-order valence-corrected chi connectivity index (χ2v) is 5.55. The number of amides is 2. The number of rotatable bonds is 4. The Morgan fingerprint density at radius 3 is 2.30 bits per heavy atom. The summed E-state index contributed by atoms with van der Waals surface area (Å²) in [4.78, 5) is 27.6. The van der Waals surface area contributed by atoms with E-state index in [0.29, 0.717) is 12.2 Å². The molecule has 0 heterocycles. The van der Waals surface area contributed by atoms with Gasteiger partial charge in [0.15, 0.2) is 0 Å². The van der Waals surface area contributed by atoms with E-state index < -0.39 is 11.8 Å². The van der Waals surface area contributed by atoms with Gasteiger partial charge in [0.1, 0.15) is 0 Å². The molecule has 0 aliphatic rings. The van der Waals surface area contributed by atoms with Crippen molar-refractivity contribution in [2.75, 3.05) is 31.4 Å². The van der Waals surface area contributed by atoms with Gasteiger partial charge in [-0.05, 0) is 23.8 Å². The fourth-order valence-corrected chi connectivity index (χ4v) is 2.15. The van der Waals surface area contributed by atoms with Gasteiger partial charge in [0.2, 0.25) is 0 Å². The molecule has 0 aliphatic heterocycles. The van der Waals surface area contributed by atoms with Crippen molar-refractivity contribution >= 4 is 23.2 Å². The zero-order valence-corrected chi connectivity index (χ0v) is 13.6. The predicted molar refractivity (Wildman–Crippen MR) is 92.3 cm³/mol. The van der Waals surface area contributed by atoms with Crippen LogP contribution < -0.4 is 10.2 Å². The van der Waals surface area contributed by atoms with Crippen LogP contribution in [0.1, 0.15) is 5.56 Å². The number of benzene rings is 2. The van der Waals surface area contributed by atoms with Crippen molar-refractivity contribution in [1.29, 1.82) is 0 Å². The first kappa shape index (κ1) is 16.5. The Labute approximate surface area is 136 Å². The lowest BCUT2D eigenvalue weighted by Crippen LogP contribution is -2.36. The Morgan fingerprint density at radius 2 is 1.65 bits per heavy atom. The van der Waals surface area contributed by atoms with E-state index >= 15 is 0 Å². The number of hydrogen-bond donors (Lipinski definition) is 1. The lowest BCUT2D eigenvalue weighted by Gasteiger charge is -2.17. The molecule has 0 unspecified atom stereocenters. The summed E-state index contributed by atoms with van der Waals surface area (Å²) in [6.45, 7) is 0.394. The second kappa shape index (κ2) is 7.45. The van der Waals surface area contributed by atoms with Gasteiger partial charge in [-0.25, -0.2) is 0 Å². The van der Waals surface area contributed by atoms with Crippen molar-refractivity contribution in [3.8, 4) is 0 Å². The van der Waals surface area contributed by atoms with Gasteiger partial charge in [-0.2, -0.15) is 0 Å². The largest absolute Gasteiger partial charge is 0.378 e. The van der Waals surface area contributed by atoms with Crippen LogP contribution in [0.4, 0.5) is 11.4 Å². The number of carbonyl (C=O) groups is 2. The highest BCUT2D eigenvalue weighted by Crippen LogP contribution is 2.17. The minimum atomic E-state index is -0.640. The van der Waals surface area contributed by atoms with Crippen LogP contribution in [0.25, 0.3) is 0 Å². The molecule has 0 radical (unpaired) electrons. The van der Waals surface area contributed by atoms with E-state index in [4.69, 9.17) is 0 Å². The van der Waals surface area contributed by atoms with Gasteiger partial charge in [-0.1, -0.05) is 36.4 Å². The number of anilines is 2. The molecule has 2 rings (SSSR count). The molecule has 1 N–H and O–H groups in total. The Bertz CT molecular complexity index is 684. The maximum absolute atomic E-state index is 12.2. The number of hydrogen-bond acceptors (Lipinski definition) is 3. The molecule has 2 aromatic carbocycles. The number of carbonyl (C=O) groups excluding carboxylic acids is 2. The first-order chi connectivity index (χ1) is 11.0. The average molecular weight is 311 g/mol. The van der Waals surface area contributed by atoms with Crippen molar-refractivity contribution in [1.82, 2.24) is 4.90 Å². The van der Waals surface area contributed by atoms with Crippen LogP contribution in [0.2, 0.25) is 0 Å². The molecular formula is C18H21N3O2. The second-order valence-electron chi connectivity index (χ2n) is 5.55. The SMILES string of the molecule is CN(Cc1ccccc1)C(=O)C(=O)Nc1cccc(N(C)C)c1. The maximum atomic E-state index is 12.2. The summed E-state index contributed by atoms with van der Waals surface area (Å²) in [6.07, 6.45) is 0. The van der Waals surface area contributed by atoms with Crippen LogP contribution >= 0.6 is 0 Å². The maximum Gasteiger partial charge on any atom is 0.313 e. The molecule has 120 valence electrons. The normalized spacial score (nSPS) is 10.0. The summed E-state index contributed by atoms with van der Waals surface area (Å²) in [5.41, 5.74) is 2.53. The van der Waals surface area contributed by atoms with Gasteiger partial charge in [0.25, 0.3) is 0 Å². The van der Waals surface area contributed by atoms with E-state index in [2.05, 4.69) is 5.32 Å². The molecule has 0 saturated carbocycles. The van der Waals surface area contributed by atoms with E-state index in [-0.39, 0.29) is 0 Å². The minimum Gasteiger partial charge on any atom is -0.378 e. The molecule has 0 spiro atoms. The zero-order chi connectivity index (χ0) is 16.8. The smallest absolute Gasteiger partial charge is 0.313 e. The number of nitrogens with one attached hydrogen (secondary N) is 1. The van der Waals surface area contributed by atoms with E-state index in [1.807, 2.05) is 67.5 Å². The molecule has 0 aliphatic carbocycles. The highest BCUT2D eigenvalue weighted by molar-refractivity contribution is 6.39. The van der Waals surface area contributed by atoms with Gasteiger partial charge in [0, 0.05) is 39.1 Å². The van der Waals surface area contributed by atoms with Crippen molar-refractivity contribution in [3.05, 3.63) is 60.2 Å². The summed E-state index contributed by atoms with van der Waals surface area (Å²) in [5.74, 6) is -1.21. The van der Waals surface area contributed by atoms with E-state index in [1.165, 1.54) is 4.90 Å². The molecule has 0 bridgehead atoms. The van der Waals surface area contributed by atoms with E-state index in [0.717, 1.165) is 11.3 Å². The monoisotopic (exact) mass is 311 g/mol. The Morgan fingerprint density at radius 1 is 0.957 bits per heavy atom. The Balaban J connectivity index is 1.99. The van der Waals surface area contributed by atoms with Crippen molar-refractivity contribution < 1.29 is 9.59 Å². The lowest BCUT2D eigenvalue weighted by molar-refractivity contribution is -0.142. The molecule has 0 aromatic heterocycles. The van der Waals surface area contributed by atoms with Crippen molar-refractivity contribution in [2.45, 2.75) is 6.54 Å². The molecule has 2 amide bonds. The highest BCUT2D eigenvalue weighted by atomic mass is 16.2. The first-order valence-corrected chi connectivity index (χ1v) is 7.35. The van der Waals surface area contributed by atoms with Crippen molar-refractivity contribution in [2.24, 2.45) is 0 Å². The first-order valence-electron chi connectivity index (χ1n) is 7.35. The molecule has 2 aromatic rings. The Kier molecular flexibility index (Phi) is 5.36. The molecule has 0 saturated heterocycles. The zero-order valence-electron chi connectivity index (χ0n) is 13.6. The van der Waals surface area contributed by atoms with Crippen LogP contribution in [0, 0.1) is 0 Å². The third-order valence-electron chi connectivity index (χ3n) is 3.42. The van der Waals surface area contributed by atoms with Crippen LogP contribution in [-0.4, -0.2) is 37.9 Å². The van der Waals surface area contributed by atoms with E-state index in [9.17, 15) is 9.59 Å². The third-order valence-corrected chi connectivity index (χ3v) is 3.42. The number of likely N-dealkylation sites (N-methyl/N-ethyl adjacent to an activating group) is 1. The fourth-order valence-electron chi connectivity index (χ4n) is 2.15. The fraction of sp³-hybridized carbons (Fsp3) is 0.222. The van der Waals surface area contributed by atoms with Crippen LogP contribution in [0.3, 0.4) is 0 Å². The minimum absolute atomic E-state index is 0.394. The standard InChI is InChI=1S/C18H21N3O2/c1-20(2)16-11-7-10-15(12-16)19-17(22)18(23)21(3)13-14-8-5-4-6-9-14/h4-12H,13H2,1-3H3,(H,19,22). The summed E-state index contributed by atoms with van der Waals surface area (Å²) in [5, 5.41) is 2.65. The van der Waals surface area contributed by atoms with Gasteiger partial charge < -0.3 is 15.1 Å². The highest BCUT2D eigenvalue weighted by Gasteiger charge is 2.19.